The van der Waals surface area contributed by atoms with Gasteiger partial charge in [0.15, 0.2) is 6.23 Å². The summed E-state index contributed by atoms with van der Waals surface area (Å²) in [6.45, 7) is 4.13. The highest BCUT2D eigenvalue weighted by Gasteiger charge is 2.44. The maximum absolute atomic E-state index is 12.1. The van der Waals surface area contributed by atoms with Crippen LogP contribution in [0.4, 0.5) is 0 Å². The number of Topliss-reactive ketones (excluding diaryl/α,β-unsaturated/α-hetero) is 1. The van der Waals surface area contributed by atoms with E-state index in [0.29, 0.717) is 6.42 Å². The van der Waals surface area contributed by atoms with Gasteiger partial charge in [0.05, 0.1) is 6.10 Å². The van der Waals surface area contributed by atoms with Crippen LogP contribution in [0.1, 0.15) is 25.1 Å². The summed E-state index contributed by atoms with van der Waals surface area (Å²) in [5, 5.41) is 20.5. The highest BCUT2D eigenvalue weighted by Crippen LogP contribution is 2.39. The molecule has 25 heavy (non-hydrogen) atoms. The van der Waals surface area contributed by atoms with Gasteiger partial charge in [-0.25, -0.2) is 4.79 Å². The molecule has 1 aromatic rings. The Kier molecular flexibility index (Phi) is 5.89. The highest BCUT2D eigenvalue weighted by molar-refractivity contribution is 7.72. The summed E-state index contributed by atoms with van der Waals surface area (Å²) < 4.78 is 6.72. The van der Waals surface area contributed by atoms with Crippen molar-refractivity contribution in [1.29, 1.82) is 0 Å². The fraction of sp³-hybridized carbons (Fsp3) is 0.625. The molecule has 3 N–H and O–H groups in total. The van der Waals surface area contributed by atoms with E-state index in [1.807, 2.05) is 0 Å². The van der Waals surface area contributed by atoms with Gasteiger partial charge < -0.3 is 14.9 Å². The minimum atomic E-state index is -1.32. The van der Waals surface area contributed by atoms with Gasteiger partial charge in [-0.15, -0.1) is 13.2 Å². The molecule has 0 amide bonds. The number of aliphatic hydroxyl groups is 2. The Hall–Kier alpha value is -1.47. The van der Waals surface area contributed by atoms with E-state index in [1.165, 1.54) is 13.1 Å². The van der Waals surface area contributed by atoms with Crippen molar-refractivity contribution in [3.05, 3.63) is 32.6 Å². The van der Waals surface area contributed by atoms with Crippen LogP contribution in [-0.4, -0.2) is 69.7 Å². The van der Waals surface area contributed by atoms with E-state index in [-0.39, 0.29) is 17.8 Å². The van der Waals surface area contributed by atoms with E-state index >= 15 is 0 Å². The van der Waals surface area contributed by atoms with Crippen LogP contribution in [-0.2, 0) is 16.0 Å². The number of hydrogen-bond donors (Lipinski definition) is 3. The van der Waals surface area contributed by atoms with Crippen molar-refractivity contribution in [2.75, 3.05) is 19.5 Å². The predicted molar refractivity (Wildman–Crippen MR) is 97.0 cm³/mol. The Morgan fingerprint density at radius 1 is 1.36 bits per heavy atom. The first-order valence-electron chi connectivity index (χ1n) is 8.02. The monoisotopic (exact) mass is 372 g/mol. The fourth-order valence-electron chi connectivity index (χ4n) is 2.78. The number of rotatable bonds is 6. The van der Waals surface area contributed by atoms with Crippen molar-refractivity contribution < 1.29 is 19.7 Å². The maximum atomic E-state index is 12.1. The molecule has 0 bridgehead atoms. The Labute approximate surface area is 145 Å². The number of ether oxygens (including phenoxy) is 1. The van der Waals surface area contributed by atoms with Crippen LogP contribution in [0.25, 0.3) is 0 Å². The minimum absolute atomic E-state index is 0.102. The molecule has 0 aromatic carbocycles. The maximum Gasteiger partial charge on any atom is 0.330 e. The summed E-state index contributed by atoms with van der Waals surface area (Å²) in [5.74, 6) is -0.233. The van der Waals surface area contributed by atoms with Gasteiger partial charge in [0, 0.05) is 18.2 Å². The lowest BCUT2D eigenvalue weighted by molar-refractivity contribution is -0.116. The molecule has 1 aromatic heterocycles. The van der Waals surface area contributed by atoms with Crippen LogP contribution in [0, 0.1) is 0 Å². The first-order valence-corrected chi connectivity index (χ1v) is 11.1. The molecule has 0 saturated carbocycles. The van der Waals surface area contributed by atoms with Crippen LogP contribution in [0.3, 0.4) is 0 Å². The van der Waals surface area contributed by atoms with Crippen LogP contribution in [0.15, 0.2) is 15.8 Å². The van der Waals surface area contributed by atoms with Gasteiger partial charge in [0.1, 0.15) is 18.0 Å². The van der Waals surface area contributed by atoms with Crippen molar-refractivity contribution in [1.82, 2.24) is 9.55 Å². The van der Waals surface area contributed by atoms with Gasteiger partial charge >= 0.3 is 5.69 Å². The first-order chi connectivity index (χ1) is 11.5. The van der Waals surface area contributed by atoms with Crippen molar-refractivity contribution >= 4 is 19.0 Å². The summed E-state index contributed by atoms with van der Waals surface area (Å²) in [4.78, 5) is 37.3. The molecule has 140 valence electrons. The average molecular weight is 372 g/mol. The molecule has 1 fully saturated rings. The number of H-pyrrole nitrogens is 1. The average Bonchev–Trinajstić information content (AvgIpc) is 2.75. The third-order valence-corrected chi connectivity index (χ3v) is 5.58. The molecule has 2 heterocycles. The molecule has 0 aliphatic carbocycles. The van der Waals surface area contributed by atoms with Crippen LogP contribution in [0.2, 0.25) is 0 Å². The van der Waals surface area contributed by atoms with Gasteiger partial charge in [-0.3, -0.25) is 19.1 Å². The Morgan fingerprint density at radius 3 is 2.56 bits per heavy atom. The summed E-state index contributed by atoms with van der Waals surface area (Å²) >= 11 is 0. The smallest absolute Gasteiger partial charge is 0.330 e. The standard InChI is InChI=1S/C16H25N2O6P/c1-9(19)7-10-8-18(16(23)17-14(10)22)15-13(21)12(20)11(24-15)5-6-25(2,3)4/h8,11-13,15,20-21H,2,5-7H2,1,3-4H3,(H,17,22,23)/t11?,12-,13-,15-/m1/s1. The topological polar surface area (TPSA) is 122 Å². The Morgan fingerprint density at radius 2 is 2.00 bits per heavy atom. The molecule has 0 radical (unpaired) electrons. The van der Waals surface area contributed by atoms with Crippen molar-refractivity contribution in [2.24, 2.45) is 0 Å². The molecule has 0 spiro atoms. The lowest BCUT2D eigenvalue weighted by Gasteiger charge is -2.19. The molecule has 9 heteroatoms. The summed E-state index contributed by atoms with van der Waals surface area (Å²) in [6, 6.07) is 0. The van der Waals surface area contributed by atoms with Crippen LogP contribution >= 0.6 is 6.89 Å². The summed E-state index contributed by atoms with van der Waals surface area (Å²) in [6.07, 6.45) is 2.24. The molecular formula is C16H25N2O6P. The van der Waals surface area contributed by atoms with E-state index in [1.54, 1.807) is 0 Å². The van der Waals surface area contributed by atoms with E-state index in [2.05, 4.69) is 24.6 Å². The second-order valence-corrected chi connectivity index (χ2v) is 11.5. The van der Waals surface area contributed by atoms with Gasteiger partial charge in [-0.2, -0.15) is 0 Å². The van der Waals surface area contributed by atoms with Gasteiger partial charge in [-0.05, 0) is 32.8 Å². The number of nitrogens with zero attached hydrogens (tertiary/aromatic N) is 1. The number of ketones is 1. The van der Waals surface area contributed by atoms with Crippen molar-refractivity contribution in [2.45, 2.75) is 44.3 Å². The normalized spacial score (nSPS) is 26.8. The quantitative estimate of drug-likeness (QED) is 0.573. The number of carbonyl (C=O) groups is 1. The summed E-state index contributed by atoms with van der Waals surface area (Å²) in [5.41, 5.74) is -1.31. The van der Waals surface area contributed by atoms with E-state index < -0.39 is 42.7 Å². The minimum Gasteiger partial charge on any atom is -0.388 e. The number of hydrogen-bond acceptors (Lipinski definition) is 6. The largest absolute Gasteiger partial charge is 0.388 e. The van der Waals surface area contributed by atoms with Crippen LogP contribution < -0.4 is 11.2 Å². The zero-order valence-corrected chi connectivity index (χ0v) is 15.5. The van der Waals surface area contributed by atoms with E-state index in [9.17, 15) is 24.6 Å². The molecular weight excluding hydrogens is 347 g/mol. The molecule has 1 aliphatic heterocycles. The molecule has 4 atom stereocenters. The highest BCUT2D eigenvalue weighted by atomic mass is 31.2. The van der Waals surface area contributed by atoms with Crippen LogP contribution in [0.5, 0.6) is 0 Å². The Bertz CT molecular complexity index is 808. The molecule has 1 saturated heterocycles. The summed E-state index contributed by atoms with van der Waals surface area (Å²) in [7, 11) is 0. The van der Waals surface area contributed by atoms with Crippen molar-refractivity contribution in [3.63, 3.8) is 0 Å². The third-order valence-electron chi connectivity index (χ3n) is 4.11. The lowest BCUT2D eigenvalue weighted by atomic mass is 10.1. The van der Waals surface area contributed by atoms with Crippen molar-refractivity contribution in [3.8, 4) is 0 Å². The van der Waals surface area contributed by atoms with Gasteiger partial charge in [-0.1, -0.05) is 0 Å². The number of aliphatic hydroxyl groups excluding tert-OH is 2. The van der Waals surface area contributed by atoms with E-state index in [4.69, 9.17) is 4.74 Å². The first kappa shape index (κ1) is 19.8. The third kappa shape index (κ3) is 4.79. The zero-order chi connectivity index (χ0) is 18.9. The predicted octanol–water partition coefficient (Wildman–Crippen LogP) is -0.613. The second kappa shape index (κ2) is 7.41. The SMILES string of the molecule is C=P(C)(C)CCC1O[C@@H](n2cc(CC(C)=O)c(=O)[nH]c2=O)[C@H](O)[C@@H]1O. The van der Waals surface area contributed by atoms with E-state index in [0.717, 1.165) is 10.7 Å². The molecule has 2 rings (SSSR count). The number of aromatic amines is 1. The molecule has 1 aliphatic rings. The molecule has 1 unspecified atom stereocenters. The lowest BCUT2D eigenvalue weighted by Crippen LogP contribution is -2.39. The number of nitrogens with one attached hydrogen (secondary N) is 1. The zero-order valence-electron chi connectivity index (χ0n) is 14.6. The number of carbonyl (C=O) groups excluding carboxylic acids is 1. The Balaban J connectivity index is 2.29. The van der Waals surface area contributed by atoms with Gasteiger partial charge in [0.2, 0.25) is 0 Å². The van der Waals surface area contributed by atoms with Gasteiger partial charge in [0.25, 0.3) is 5.56 Å². The number of aromatic nitrogens is 2. The fourth-order valence-corrected chi connectivity index (χ4v) is 3.74. The second-order valence-electron chi connectivity index (χ2n) is 7.19. The molecule has 8 nitrogen and oxygen atoms in total.